The first-order valence-electron chi connectivity index (χ1n) is 15.0. The maximum atomic E-state index is 14.0. The smallest absolute Gasteiger partial charge is 0.268 e. The first-order chi connectivity index (χ1) is 22.2. The van der Waals surface area contributed by atoms with Gasteiger partial charge in [-0.05, 0) is 71.8 Å². The quantitative estimate of drug-likeness (QED) is 0.153. The molecule has 10 rings (SSSR count). The van der Waals surface area contributed by atoms with Crippen LogP contribution in [0, 0.1) is 0 Å². The van der Waals surface area contributed by atoms with E-state index in [2.05, 4.69) is 100.0 Å². The molecule has 0 spiro atoms. The van der Waals surface area contributed by atoms with Crippen LogP contribution in [0.5, 0.6) is 0 Å². The van der Waals surface area contributed by atoms with Crippen molar-refractivity contribution in [3.8, 4) is 16.8 Å². The summed E-state index contributed by atoms with van der Waals surface area (Å²) in [7, 11) is 0. The number of imidazole rings is 1. The van der Waals surface area contributed by atoms with Crippen LogP contribution in [0.25, 0.3) is 82.9 Å². The first kappa shape index (κ1) is 24.2. The molecular weight excluding hydrogens is 554 g/mol. The van der Waals surface area contributed by atoms with Gasteiger partial charge in [-0.3, -0.25) is 9.20 Å². The summed E-state index contributed by atoms with van der Waals surface area (Å²) in [6.45, 7) is 0. The van der Waals surface area contributed by atoms with Crippen molar-refractivity contribution < 1.29 is 0 Å². The van der Waals surface area contributed by atoms with Gasteiger partial charge in [0.05, 0.1) is 38.5 Å². The monoisotopic (exact) mass is 577 g/mol. The van der Waals surface area contributed by atoms with Crippen molar-refractivity contribution >= 4 is 66.1 Å². The van der Waals surface area contributed by atoms with E-state index in [0.717, 1.165) is 38.8 Å². The van der Waals surface area contributed by atoms with Gasteiger partial charge < -0.3 is 4.57 Å². The van der Waals surface area contributed by atoms with Gasteiger partial charge in [0, 0.05) is 21.8 Å². The van der Waals surface area contributed by atoms with Crippen LogP contribution in [0.1, 0.15) is 0 Å². The van der Waals surface area contributed by atoms with Crippen molar-refractivity contribution in [1.82, 2.24) is 23.3 Å². The van der Waals surface area contributed by atoms with Gasteiger partial charge >= 0.3 is 0 Å². The average Bonchev–Trinajstić information content (AvgIpc) is 3.65. The number of nitrogens with zero attached hydrogens (tertiary/aromatic N) is 5. The molecule has 0 unspecified atom stereocenters. The predicted molar refractivity (Wildman–Crippen MR) is 183 cm³/mol. The summed E-state index contributed by atoms with van der Waals surface area (Å²) in [5.74, 6) is 0.560. The molecule has 0 bridgehead atoms. The normalized spacial score (nSPS) is 12.1. The predicted octanol–water partition coefficient (Wildman–Crippen LogP) is 8.57. The highest BCUT2D eigenvalue weighted by Crippen LogP contribution is 2.34. The van der Waals surface area contributed by atoms with Crippen LogP contribution in [0.2, 0.25) is 0 Å². The summed E-state index contributed by atoms with van der Waals surface area (Å²) in [4.78, 5) is 23.9. The van der Waals surface area contributed by atoms with E-state index in [9.17, 15) is 4.79 Å². The minimum Gasteiger partial charge on any atom is -0.309 e. The van der Waals surface area contributed by atoms with Crippen molar-refractivity contribution in [1.29, 1.82) is 0 Å². The molecule has 0 aliphatic carbocycles. The fraction of sp³-hybridized carbons (Fsp3) is 0. The molecule has 6 heteroatoms. The molecule has 4 aromatic heterocycles. The van der Waals surface area contributed by atoms with Gasteiger partial charge in [0.15, 0.2) is 5.65 Å². The molecule has 210 valence electrons. The Balaban J connectivity index is 1.22. The minimum atomic E-state index is -0.126. The summed E-state index contributed by atoms with van der Waals surface area (Å²) < 4.78 is 6.06. The van der Waals surface area contributed by atoms with Crippen LogP contribution in [0.15, 0.2) is 144 Å². The van der Waals surface area contributed by atoms with Crippen LogP contribution in [-0.2, 0) is 0 Å². The number of fused-ring (bicyclic) bond motifs is 12. The van der Waals surface area contributed by atoms with E-state index in [-0.39, 0.29) is 5.56 Å². The molecule has 45 heavy (non-hydrogen) atoms. The molecule has 6 aromatic carbocycles. The SMILES string of the molecule is O=c1c2ccccc2nc2c3cc(-c4ccc(-n5c6ccccc6c6ccccc65)cc4)ccc3n3c4ccccc4nc3n12. The molecular formula is C39H23N5O. The minimum absolute atomic E-state index is 0.126. The molecule has 0 amide bonds. The van der Waals surface area contributed by atoms with Gasteiger partial charge in [-0.1, -0.05) is 78.9 Å². The van der Waals surface area contributed by atoms with Crippen molar-refractivity contribution in [3.63, 3.8) is 0 Å². The molecule has 0 aliphatic rings. The second kappa shape index (κ2) is 8.88. The second-order valence-corrected chi connectivity index (χ2v) is 11.5. The van der Waals surface area contributed by atoms with Crippen molar-refractivity contribution in [3.05, 3.63) is 150 Å². The Bertz CT molecular complexity index is 2840. The molecule has 10 aromatic rings. The van der Waals surface area contributed by atoms with Gasteiger partial charge in [-0.15, -0.1) is 0 Å². The zero-order chi connectivity index (χ0) is 29.6. The lowest BCUT2D eigenvalue weighted by Gasteiger charge is -2.13. The molecule has 0 saturated carbocycles. The topological polar surface area (TPSA) is 56.6 Å². The Hall–Kier alpha value is -6.27. The van der Waals surface area contributed by atoms with Crippen LogP contribution < -0.4 is 5.56 Å². The van der Waals surface area contributed by atoms with Crippen LogP contribution >= 0.6 is 0 Å². The zero-order valence-electron chi connectivity index (χ0n) is 23.9. The molecule has 0 atom stereocenters. The van der Waals surface area contributed by atoms with E-state index in [1.807, 2.05) is 48.5 Å². The molecule has 6 nitrogen and oxygen atoms in total. The summed E-state index contributed by atoms with van der Waals surface area (Å²) in [6.07, 6.45) is 0. The lowest BCUT2D eigenvalue weighted by molar-refractivity contribution is 1.05. The Labute approximate surface area is 255 Å². The van der Waals surface area contributed by atoms with Crippen LogP contribution in [0.4, 0.5) is 0 Å². The van der Waals surface area contributed by atoms with E-state index < -0.39 is 0 Å². The summed E-state index contributed by atoms with van der Waals surface area (Å²) >= 11 is 0. The molecule has 0 aliphatic heterocycles. The fourth-order valence-corrected chi connectivity index (χ4v) is 6.99. The molecule has 0 N–H and O–H groups in total. The fourth-order valence-electron chi connectivity index (χ4n) is 6.99. The molecule has 0 radical (unpaired) electrons. The van der Waals surface area contributed by atoms with E-state index >= 15 is 0 Å². The molecule has 4 heterocycles. The summed E-state index contributed by atoms with van der Waals surface area (Å²) in [6, 6.07) is 47.7. The van der Waals surface area contributed by atoms with Crippen molar-refractivity contribution in [2.75, 3.05) is 0 Å². The van der Waals surface area contributed by atoms with E-state index in [4.69, 9.17) is 9.97 Å². The third-order valence-corrected chi connectivity index (χ3v) is 9.04. The van der Waals surface area contributed by atoms with Crippen LogP contribution in [-0.4, -0.2) is 23.3 Å². The highest BCUT2D eigenvalue weighted by atomic mass is 16.1. The highest BCUT2D eigenvalue weighted by molar-refractivity contribution is 6.09. The Morgan fingerprint density at radius 1 is 0.444 bits per heavy atom. The van der Waals surface area contributed by atoms with E-state index in [1.54, 1.807) is 4.40 Å². The Kier molecular flexibility index (Phi) is 4.77. The highest BCUT2D eigenvalue weighted by Gasteiger charge is 2.18. The van der Waals surface area contributed by atoms with Gasteiger partial charge in [0.2, 0.25) is 5.78 Å². The molecule has 0 saturated heterocycles. The van der Waals surface area contributed by atoms with Crippen molar-refractivity contribution in [2.45, 2.75) is 0 Å². The Morgan fingerprint density at radius 3 is 1.78 bits per heavy atom. The third kappa shape index (κ3) is 3.30. The average molecular weight is 578 g/mol. The Morgan fingerprint density at radius 2 is 1.04 bits per heavy atom. The standard InChI is InChI=1S/C39H23N5O/c45-38-29-11-1-4-12-31(29)40-37-30-23-25(19-22-35(30)43-36-16-8-5-13-32(36)41-39(43)44(37)38)24-17-20-26(21-18-24)42-33-14-6-2-9-27(33)28-10-3-7-15-34(28)42/h1-23H. The third-order valence-electron chi connectivity index (χ3n) is 9.04. The lowest BCUT2D eigenvalue weighted by atomic mass is 10.0. The summed E-state index contributed by atoms with van der Waals surface area (Å²) in [5, 5.41) is 3.94. The van der Waals surface area contributed by atoms with Gasteiger partial charge in [-0.2, -0.15) is 0 Å². The van der Waals surface area contributed by atoms with Crippen LogP contribution in [0.3, 0.4) is 0 Å². The zero-order valence-corrected chi connectivity index (χ0v) is 23.9. The maximum Gasteiger partial charge on any atom is 0.268 e. The van der Waals surface area contributed by atoms with E-state index in [0.29, 0.717) is 22.3 Å². The van der Waals surface area contributed by atoms with Crippen molar-refractivity contribution in [2.24, 2.45) is 0 Å². The van der Waals surface area contributed by atoms with E-state index in [1.165, 1.54) is 21.8 Å². The number of rotatable bonds is 2. The number of para-hydroxylation sites is 5. The number of hydrogen-bond acceptors (Lipinski definition) is 3. The number of benzene rings is 6. The second-order valence-electron chi connectivity index (χ2n) is 11.5. The number of hydrogen-bond donors (Lipinski definition) is 0. The first-order valence-corrected chi connectivity index (χ1v) is 15.0. The maximum absolute atomic E-state index is 14.0. The van der Waals surface area contributed by atoms with Gasteiger partial charge in [0.1, 0.15) is 0 Å². The number of aromatic nitrogens is 5. The molecule has 0 fully saturated rings. The lowest BCUT2D eigenvalue weighted by Crippen LogP contribution is -2.18. The largest absolute Gasteiger partial charge is 0.309 e. The van der Waals surface area contributed by atoms with Gasteiger partial charge in [0.25, 0.3) is 5.56 Å². The van der Waals surface area contributed by atoms with Gasteiger partial charge in [-0.25, -0.2) is 14.4 Å². The summed E-state index contributed by atoms with van der Waals surface area (Å²) in [5.41, 5.74) is 9.47.